The van der Waals surface area contributed by atoms with Crippen molar-refractivity contribution in [3.8, 4) is 0 Å². The van der Waals surface area contributed by atoms with Gasteiger partial charge in [0, 0.05) is 0 Å². The van der Waals surface area contributed by atoms with Crippen LogP contribution in [-0.4, -0.2) is 31.8 Å². The number of hydrogen-bond donors (Lipinski definition) is 2. The van der Waals surface area contributed by atoms with Crippen molar-refractivity contribution in [1.82, 2.24) is 5.32 Å². The van der Waals surface area contributed by atoms with Gasteiger partial charge in [0.25, 0.3) is 0 Å². The Morgan fingerprint density at radius 1 is 1.60 bits per heavy atom. The highest BCUT2D eigenvalue weighted by atomic mass is 16.5. The average molecular weight is 209 g/mol. The number of rotatable bonds is 4. The highest BCUT2D eigenvalue weighted by molar-refractivity contribution is 5.89. The van der Waals surface area contributed by atoms with Crippen LogP contribution in [0.25, 0.3) is 0 Å². The molecule has 0 bridgehead atoms. The molecule has 0 saturated heterocycles. The number of aliphatic hydroxyl groups excluding tert-OH is 1. The van der Waals surface area contributed by atoms with Gasteiger partial charge in [0.15, 0.2) is 0 Å². The van der Waals surface area contributed by atoms with Gasteiger partial charge in [-0.15, -0.1) is 0 Å². The van der Waals surface area contributed by atoms with Crippen molar-refractivity contribution in [2.45, 2.75) is 6.04 Å². The van der Waals surface area contributed by atoms with Crippen molar-refractivity contribution in [3.05, 3.63) is 35.4 Å². The van der Waals surface area contributed by atoms with Gasteiger partial charge in [0.1, 0.15) is 0 Å². The lowest BCUT2D eigenvalue weighted by Gasteiger charge is -2.13. The van der Waals surface area contributed by atoms with Gasteiger partial charge in [0.2, 0.25) is 0 Å². The predicted octanol–water partition coefficient (Wildman–Crippen LogP) is 0.726. The molecule has 0 fully saturated rings. The molecule has 0 aliphatic heterocycles. The minimum absolute atomic E-state index is 0.0128. The van der Waals surface area contributed by atoms with E-state index in [-0.39, 0.29) is 18.6 Å². The zero-order chi connectivity index (χ0) is 11.3. The predicted molar refractivity (Wildman–Crippen MR) is 56.7 cm³/mol. The number of carbonyl (C=O) groups excluding carboxylic acids is 1. The molecule has 82 valence electrons. The number of esters is 1. The molecule has 0 aliphatic rings. The third-order valence-electron chi connectivity index (χ3n) is 2.24. The molecule has 4 nitrogen and oxygen atoms in total. The Bertz CT molecular complexity index is 334. The molecule has 0 radical (unpaired) electrons. The Kier molecular flexibility index (Phi) is 4.27. The van der Waals surface area contributed by atoms with Crippen molar-refractivity contribution < 1.29 is 14.6 Å². The maximum Gasteiger partial charge on any atom is 0.337 e. The van der Waals surface area contributed by atoms with Crippen LogP contribution in [0, 0.1) is 0 Å². The van der Waals surface area contributed by atoms with E-state index in [1.54, 1.807) is 25.2 Å². The van der Waals surface area contributed by atoms with Crippen molar-refractivity contribution in [1.29, 1.82) is 0 Å². The summed E-state index contributed by atoms with van der Waals surface area (Å²) >= 11 is 0. The van der Waals surface area contributed by atoms with Gasteiger partial charge < -0.3 is 15.2 Å². The molecule has 0 aliphatic carbocycles. The van der Waals surface area contributed by atoms with Crippen LogP contribution in [0.3, 0.4) is 0 Å². The summed E-state index contributed by atoms with van der Waals surface area (Å²) in [6, 6.07) is 6.85. The van der Waals surface area contributed by atoms with Gasteiger partial charge in [0.05, 0.1) is 25.3 Å². The number of methoxy groups -OCH3 is 1. The number of benzene rings is 1. The van der Waals surface area contributed by atoms with Crippen LogP contribution in [0.2, 0.25) is 0 Å². The third-order valence-corrected chi connectivity index (χ3v) is 2.24. The molecule has 0 aromatic heterocycles. The fraction of sp³-hybridized carbons (Fsp3) is 0.364. The monoisotopic (exact) mass is 209 g/mol. The van der Waals surface area contributed by atoms with Crippen LogP contribution in [0.5, 0.6) is 0 Å². The minimum Gasteiger partial charge on any atom is -0.465 e. The molecule has 1 atom stereocenters. The molecule has 1 rings (SSSR count). The van der Waals surface area contributed by atoms with Crippen LogP contribution in [0.1, 0.15) is 22.0 Å². The van der Waals surface area contributed by atoms with Crippen LogP contribution in [0.4, 0.5) is 0 Å². The van der Waals surface area contributed by atoms with E-state index in [0.717, 1.165) is 5.56 Å². The molecule has 0 spiro atoms. The van der Waals surface area contributed by atoms with Gasteiger partial charge in [-0.25, -0.2) is 4.79 Å². The van der Waals surface area contributed by atoms with Gasteiger partial charge in [-0.1, -0.05) is 12.1 Å². The lowest BCUT2D eigenvalue weighted by Crippen LogP contribution is -2.20. The summed E-state index contributed by atoms with van der Waals surface area (Å²) < 4.78 is 4.62. The normalized spacial score (nSPS) is 12.2. The summed E-state index contributed by atoms with van der Waals surface area (Å²) in [7, 11) is 3.10. The first-order valence-corrected chi connectivity index (χ1v) is 4.69. The smallest absolute Gasteiger partial charge is 0.337 e. The van der Waals surface area contributed by atoms with Crippen LogP contribution in [0.15, 0.2) is 24.3 Å². The summed E-state index contributed by atoms with van der Waals surface area (Å²) in [5, 5.41) is 12.0. The Morgan fingerprint density at radius 3 is 2.87 bits per heavy atom. The summed E-state index contributed by atoms with van der Waals surface area (Å²) in [6.45, 7) is -0.0128. The first-order chi connectivity index (χ1) is 7.22. The van der Waals surface area contributed by atoms with Crippen molar-refractivity contribution >= 4 is 5.97 Å². The Labute approximate surface area is 88.9 Å². The van der Waals surface area contributed by atoms with E-state index in [1.807, 2.05) is 6.07 Å². The second-order valence-corrected chi connectivity index (χ2v) is 3.14. The number of aliphatic hydroxyl groups is 1. The van der Waals surface area contributed by atoms with E-state index >= 15 is 0 Å². The summed E-state index contributed by atoms with van der Waals surface area (Å²) in [5.41, 5.74) is 1.35. The summed E-state index contributed by atoms with van der Waals surface area (Å²) in [4.78, 5) is 11.3. The lowest BCUT2D eigenvalue weighted by molar-refractivity contribution is 0.0600. The van der Waals surface area contributed by atoms with Gasteiger partial charge in [-0.2, -0.15) is 0 Å². The number of likely N-dealkylation sites (N-methyl/N-ethyl adjacent to an activating group) is 1. The number of hydrogen-bond acceptors (Lipinski definition) is 4. The Morgan fingerprint density at radius 2 is 2.33 bits per heavy atom. The standard InChI is InChI=1S/C11H15NO3/c1-12-10(7-13)8-4-3-5-9(6-8)11(14)15-2/h3-6,10,12-13H,7H2,1-2H3/t10-/m1/s1. The quantitative estimate of drug-likeness (QED) is 0.718. The molecular formula is C11H15NO3. The van der Waals surface area contributed by atoms with Crippen molar-refractivity contribution in [2.24, 2.45) is 0 Å². The Balaban J connectivity index is 2.96. The fourth-order valence-corrected chi connectivity index (χ4v) is 1.36. The first-order valence-electron chi connectivity index (χ1n) is 4.69. The Hall–Kier alpha value is -1.39. The zero-order valence-corrected chi connectivity index (χ0v) is 8.86. The largest absolute Gasteiger partial charge is 0.465 e. The van der Waals surface area contributed by atoms with E-state index < -0.39 is 0 Å². The number of nitrogens with one attached hydrogen (secondary N) is 1. The summed E-state index contributed by atoms with van der Waals surface area (Å²) in [5.74, 6) is -0.371. The van der Waals surface area contributed by atoms with Gasteiger partial charge in [-0.05, 0) is 24.7 Å². The molecule has 0 saturated carbocycles. The van der Waals surface area contributed by atoms with Gasteiger partial charge in [-0.3, -0.25) is 0 Å². The SMILES string of the molecule is CN[C@H](CO)c1cccc(C(=O)OC)c1. The van der Waals surface area contributed by atoms with E-state index in [2.05, 4.69) is 10.1 Å². The van der Waals surface area contributed by atoms with Crippen LogP contribution in [-0.2, 0) is 4.74 Å². The maximum atomic E-state index is 11.3. The lowest BCUT2D eigenvalue weighted by atomic mass is 10.0. The average Bonchev–Trinajstić information content (AvgIpc) is 2.30. The van der Waals surface area contributed by atoms with E-state index in [4.69, 9.17) is 5.11 Å². The van der Waals surface area contributed by atoms with E-state index in [9.17, 15) is 4.79 Å². The molecule has 2 N–H and O–H groups in total. The van der Waals surface area contributed by atoms with Crippen molar-refractivity contribution in [3.63, 3.8) is 0 Å². The van der Waals surface area contributed by atoms with Crippen LogP contribution >= 0.6 is 0 Å². The molecule has 1 aromatic rings. The molecule has 0 amide bonds. The fourth-order valence-electron chi connectivity index (χ4n) is 1.36. The first kappa shape index (κ1) is 11.7. The van der Waals surface area contributed by atoms with E-state index in [0.29, 0.717) is 5.56 Å². The molecule has 0 unspecified atom stereocenters. The highest BCUT2D eigenvalue weighted by Crippen LogP contribution is 2.14. The molecule has 0 heterocycles. The van der Waals surface area contributed by atoms with Gasteiger partial charge >= 0.3 is 5.97 Å². The topological polar surface area (TPSA) is 58.6 Å². The molecular weight excluding hydrogens is 194 g/mol. The third kappa shape index (κ3) is 2.78. The van der Waals surface area contributed by atoms with Crippen molar-refractivity contribution in [2.75, 3.05) is 20.8 Å². The molecule has 4 heteroatoms. The number of ether oxygens (including phenoxy) is 1. The molecule has 1 aromatic carbocycles. The van der Waals surface area contributed by atoms with Crippen LogP contribution < -0.4 is 5.32 Å². The second kappa shape index (κ2) is 5.48. The zero-order valence-electron chi connectivity index (χ0n) is 8.86. The highest BCUT2D eigenvalue weighted by Gasteiger charge is 2.11. The maximum absolute atomic E-state index is 11.3. The van der Waals surface area contributed by atoms with E-state index in [1.165, 1.54) is 7.11 Å². The molecule has 15 heavy (non-hydrogen) atoms. The number of carbonyl (C=O) groups is 1. The minimum atomic E-state index is -0.371. The second-order valence-electron chi connectivity index (χ2n) is 3.14. The summed E-state index contributed by atoms with van der Waals surface area (Å²) in [6.07, 6.45) is 0.